The normalized spacial score (nSPS) is 14.3. The fraction of sp³-hybridized carbons (Fsp3) is 0.174. The van der Waals surface area contributed by atoms with E-state index in [1.807, 2.05) is 6.92 Å². The van der Waals surface area contributed by atoms with Crippen LogP contribution in [-0.2, 0) is 9.59 Å². The molecule has 2 aromatic rings. The zero-order valence-corrected chi connectivity index (χ0v) is 22.4. The van der Waals surface area contributed by atoms with Gasteiger partial charge < -0.3 is 14.8 Å². The molecule has 1 saturated heterocycles. The zero-order valence-electron chi connectivity index (χ0n) is 17.7. The van der Waals surface area contributed by atoms with Gasteiger partial charge in [0, 0.05) is 10.2 Å². The van der Waals surface area contributed by atoms with Crippen molar-refractivity contribution in [2.24, 2.45) is 0 Å². The molecule has 34 heavy (non-hydrogen) atoms. The van der Waals surface area contributed by atoms with Gasteiger partial charge in [0.15, 0.2) is 11.5 Å². The fourth-order valence-corrected chi connectivity index (χ4v) is 4.73. The Hall–Kier alpha value is -2.45. The summed E-state index contributed by atoms with van der Waals surface area (Å²) in [6.07, 6.45) is 6.82. The van der Waals surface area contributed by atoms with Gasteiger partial charge in [-0.1, -0.05) is 17.5 Å². The molecule has 0 aromatic heterocycles. The van der Waals surface area contributed by atoms with Gasteiger partial charge in [0.2, 0.25) is 5.91 Å². The summed E-state index contributed by atoms with van der Waals surface area (Å²) >= 11 is 13.5. The predicted octanol–water partition coefficient (Wildman–Crippen LogP) is 5.95. The molecular weight excluding hydrogens is 612 g/mol. The summed E-state index contributed by atoms with van der Waals surface area (Å²) in [5.74, 6) is 2.17. The molecule has 1 fully saturated rings. The second-order valence-electron chi connectivity index (χ2n) is 6.70. The number of nitrogens with zero attached hydrogens (tertiary/aromatic N) is 1. The Morgan fingerprint density at radius 2 is 2.00 bits per heavy atom. The number of thioether (sulfide) groups is 1. The van der Waals surface area contributed by atoms with Crippen molar-refractivity contribution in [3.05, 3.63) is 54.8 Å². The van der Waals surface area contributed by atoms with Gasteiger partial charge in [-0.05, 0) is 92.5 Å². The quantitative estimate of drug-likeness (QED) is 0.287. The Kier molecular flexibility index (Phi) is 9.08. The molecule has 176 valence electrons. The third-order valence-corrected chi connectivity index (χ3v) is 7.04. The lowest BCUT2D eigenvalue weighted by molar-refractivity contribution is -0.127. The first-order valence-electron chi connectivity index (χ1n) is 9.76. The van der Waals surface area contributed by atoms with Crippen molar-refractivity contribution < 1.29 is 23.9 Å². The van der Waals surface area contributed by atoms with E-state index in [0.29, 0.717) is 43.3 Å². The first-order valence-corrected chi connectivity index (χ1v) is 12.5. The number of terminal acetylenes is 1. The number of nitrogens with one attached hydrogen (secondary N) is 1. The third kappa shape index (κ3) is 6.36. The molecule has 1 aliphatic heterocycles. The summed E-state index contributed by atoms with van der Waals surface area (Å²) in [6.45, 7) is 1.84. The molecule has 7 nitrogen and oxygen atoms in total. The van der Waals surface area contributed by atoms with Crippen molar-refractivity contribution in [3.8, 4) is 23.8 Å². The molecule has 2 aromatic carbocycles. The minimum atomic E-state index is -0.569. The lowest BCUT2D eigenvalue weighted by atomic mass is 10.2. The van der Waals surface area contributed by atoms with Crippen LogP contribution in [0.3, 0.4) is 0 Å². The molecule has 0 saturated carbocycles. The van der Waals surface area contributed by atoms with Crippen LogP contribution in [-0.4, -0.2) is 41.7 Å². The van der Waals surface area contributed by atoms with E-state index < -0.39 is 23.6 Å². The molecular formula is C23H17Br2ClN2O5S. The highest BCUT2D eigenvalue weighted by Gasteiger charge is 2.36. The highest BCUT2D eigenvalue weighted by atomic mass is 79.9. The number of hydrogen-bond acceptors (Lipinski definition) is 6. The molecule has 1 heterocycles. The zero-order chi connectivity index (χ0) is 24.8. The second kappa shape index (κ2) is 11.8. The number of rotatable bonds is 8. The van der Waals surface area contributed by atoms with E-state index in [9.17, 15) is 14.4 Å². The Morgan fingerprint density at radius 3 is 2.68 bits per heavy atom. The van der Waals surface area contributed by atoms with E-state index in [0.717, 1.165) is 16.7 Å². The molecule has 1 N–H and O–H groups in total. The number of ether oxygens (including phenoxy) is 2. The predicted molar refractivity (Wildman–Crippen MR) is 140 cm³/mol. The number of amides is 3. The van der Waals surface area contributed by atoms with Gasteiger partial charge in [-0.3, -0.25) is 19.3 Å². The number of carbonyl (C=O) groups is 3. The van der Waals surface area contributed by atoms with Crippen molar-refractivity contribution in [1.29, 1.82) is 0 Å². The number of anilines is 1. The topological polar surface area (TPSA) is 84.9 Å². The largest absolute Gasteiger partial charge is 0.490 e. The summed E-state index contributed by atoms with van der Waals surface area (Å²) in [7, 11) is 0. The van der Waals surface area contributed by atoms with Crippen LogP contribution in [0.15, 0.2) is 44.2 Å². The van der Waals surface area contributed by atoms with Crippen LogP contribution in [0.5, 0.6) is 11.5 Å². The van der Waals surface area contributed by atoms with Crippen molar-refractivity contribution >= 4 is 84.0 Å². The molecule has 11 heteroatoms. The SMILES string of the molecule is C#CCOc1c(Br)cc(/C=C2\SC(=O)N(CC(=O)Nc3ccc(Br)c(Cl)c3)C2=O)cc1OCC. The highest BCUT2D eigenvalue weighted by molar-refractivity contribution is 9.10. The lowest BCUT2D eigenvalue weighted by Crippen LogP contribution is -2.36. The van der Waals surface area contributed by atoms with Gasteiger partial charge in [-0.2, -0.15) is 0 Å². The van der Waals surface area contributed by atoms with Crippen LogP contribution in [0.1, 0.15) is 12.5 Å². The van der Waals surface area contributed by atoms with E-state index in [-0.39, 0.29) is 11.5 Å². The van der Waals surface area contributed by atoms with Crippen LogP contribution >= 0.6 is 55.2 Å². The molecule has 0 aliphatic carbocycles. The first kappa shape index (κ1) is 26.2. The van der Waals surface area contributed by atoms with Gasteiger partial charge in [-0.15, -0.1) is 6.42 Å². The lowest BCUT2D eigenvalue weighted by Gasteiger charge is -2.14. The molecule has 0 atom stereocenters. The fourth-order valence-electron chi connectivity index (χ4n) is 2.89. The third-order valence-electron chi connectivity index (χ3n) is 4.31. The average molecular weight is 629 g/mol. The number of carbonyl (C=O) groups excluding carboxylic acids is 3. The summed E-state index contributed by atoms with van der Waals surface area (Å²) < 4.78 is 12.4. The van der Waals surface area contributed by atoms with Gasteiger partial charge >= 0.3 is 0 Å². The molecule has 0 bridgehead atoms. The van der Waals surface area contributed by atoms with Crippen LogP contribution in [0.4, 0.5) is 10.5 Å². The number of imide groups is 1. The van der Waals surface area contributed by atoms with E-state index in [1.165, 1.54) is 0 Å². The number of benzene rings is 2. The molecule has 0 unspecified atom stereocenters. The molecule has 3 amide bonds. The van der Waals surface area contributed by atoms with Crippen molar-refractivity contribution in [1.82, 2.24) is 4.90 Å². The van der Waals surface area contributed by atoms with Gasteiger partial charge in [0.1, 0.15) is 13.2 Å². The molecule has 1 aliphatic rings. The maximum Gasteiger partial charge on any atom is 0.294 e. The second-order valence-corrected chi connectivity index (χ2v) is 9.81. The van der Waals surface area contributed by atoms with Crippen molar-refractivity contribution in [2.45, 2.75) is 6.92 Å². The van der Waals surface area contributed by atoms with E-state index in [1.54, 1.807) is 36.4 Å². The monoisotopic (exact) mass is 626 g/mol. The Bertz CT molecular complexity index is 1230. The van der Waals surface area contributed by atoms with Crippen LogP contribution in [0.25, 0.3) is 6.08 Å². The van der Waals surface area contributed by atoms with Gasteiger partial charge in [0.25, 0.3) is 11.1 Å². The molecule has 3 rings (SSSR count). The first-order chi connectivity index (χ1) is 16.2. The maximum absolute atomic E-state index is 12.8. The molecule has 0 spiro atoms. The Labute approximate surface area is 222 Å². The summed E-state index contributed by atoms with van der Waals surface area (Å²) in [5, 5.41) is 2.50. The van der Waals surface area contributed by atoms with Crippen molar-refractivity contribution in [3.63, 3.8) is 0 Å². The van der Waals surface area contributed by atoms with Gasteiger partial charge in [-0.25, -0.2) is 0 Å². The van der Waals surface area contributed by atoms with Crippen LogP contribution in [0.2, 0.25) is 5.02 Å². The van der Waals surface area contributed by atoms with E-state index >= 15 is 0 Å². The Morgan fingerprint density at radius 1 is 1.24 bits per heavy atom. The number of halogens is 3. The minimum Gasteiger partial charge on any atom is -0.490 e. The van der Waals surface area contributed by atoms with Crippen LogP contribution in [0, 0.1) is 12.3 Å². The standard InChI is InChI=1S/C23H17Br2ClN2O5S/c1-3-7-33-21-16(25)8-13(9-18(21)32-4-2)10-19-22(30)28(23(31)34-19)12-20(29)27-14-5-6-15(24)17(26)11-14/h1,5-6,8-11H,4,7,12H2,2H3,(H,27,29)/b19-10-. The van der Waals surface area contributed by atoms with E-state index in [2.05, 4.69) is 43.1 Å². The van der Waals surface area contributed by atoms with Gasteiger partial charge in [0.05, 0.1) is 21.0 Å². The smallest absolute Gasteiger partial charge is 0.294 e. The average Bonchev–Trinajstić information content (AvgIpc) is 3.03. The Balaban J connectivity index is 1.76. The van der Waals surface area contributed by atoms with E-state index in [4.69, 9.17) is 27.5 Å². The van der Waals surface area contributed by atoms with Crippen LogP contribution < -0.4 is 14.8 Å². The minimum absolute atomic E-state index is 0.0609. The highest BCUT2D eigenvalue weighted by Crippen LogP contribution is 2.39. The molecule has 0 radical (unpaired) electrons. The summed E-state index contributed by atoms with van der Waals surface area (Å²) in [5.41, 5.74) is 1.05. The summed E-state index contributed by atoms with van der Waals surface area (Å²) in [4.78, 5) is 38.7. The summed E-state index contributed by atoms with van der Waals surface area (Å²) in [6, 6.07) is 8.27. The van der Waals surface area contributed by atoms with Crippen molar-refractivity contribution in [2.75, 3.05) is 25.1 Å². The maximum atomic E-state index is 12.8. The number of hydrogen-bond donors (Lipinski definition) is 1.